The number of benzene rings is 2. The van der Waals surface area contributed by atoms with Crippen molar-refractivity contribution < 1.29 is 13.7 Å². The van der Waals surface area contributed by atoms with Gasteiger partial charge in [-0.3, -0.25) is 0 Å². The molecule has 0 unspecified atom stereocenters. The molecule has 0 N–H and O–H groups in total. The zero-order chi connectivity index (χ0) is 15.5. The van der Waals surface area contributed by atoms with Crippen LogP contribution in [-0.2, 0) is 6.61 Å². The van der Waals surface area contributed by atoms with Crippen molar-refractivity contribution >= 4 is 15.9 Å². The van der Waals surface area contributed by atoms with Gasteiger partial charge in [-0.1, -0.05) is 28.9 Å². The normalized spacial score (nSPS) is 10.7. The minimum Gasteiger partial charge on any atom is -0.483 e. The Hall–Kier alpha value is -2.21. The highest BCUT2D eigenvalue weighted by atomic mass is 79.9. The Labute approximate surface area is 135 Å². The topological polar surface area (TPSA) is 48.2 Å². The molecule has 1 heterocycles. The Kier molecular flexibility index (Phi) is 4.20. The minimum absolute atomic E-state index is 0.114. The summed E-state index contributed by atoms with van der Waals surface area (Å²) in [5.41, 5.74) is 2.01. The lowest BCUT2D eigenvalue weighted by atomic mass is 10.1. The van der Waals surface area contributed by atoms with Gasteiger partial charge >= 0.3 is 0 Å². The largest absolute Gasteiger partial charge is 0.483 e. The van der Waals surface area contributed by atoms with E-state index in [0.29, 0.717) is 21.9 Å². The van der Waals surface area contributed by atoms with Gasteiger partial charge in [0.25, 0.3) is 5.89 Å². The molecule has 1 aromatic heterocycles. The van der Waals surface area contributed by atoms with E-state index >= 15 is 0 Å². The Balaban J connectivity index is 1.72. The predicted molar refractivity (Wildman–Crippen MR) is 82.9 cm³/mol. The van der Waals surface area contributed by atoms with E-state index in [1.165, 1.54) is 18.2 Å². The third-order valence-electron chi connectivity index (χ3n) is 2.99. The molecule has 0 amide bonds. The van der Waals surface area contributed by atoms with E-state index < -0.39 is 0 Å². The fourth-order valence-electron chi connectivity index (χ4n) is 1.95. The van der Waals surface area contributed by atoms with E-state index in [2.05, 4.69) is 26.1 Å². The van der Waals surface area contributed by atoms with Crippen molar-refractivity contribution in [2.45, 2.75) is 13.5 Å². The molecular weight excluding hydrogens is 351 g/mol. The molecule has 3 rings (SSSR count). The van der Waals surface area contributed by atoms with Crippen molar-refractivity contribution in [3.63, 3.8) is 0 Å². The molecule has 0 spiro atoms. The SMILES string of the molecule is Cc1cccc(-c2noc(COc3ccc(F)cc3Br)n2)c1. The van der Waals surface area contributed by atoms with Gasteiger partial charge in [-0.05, 0) is 47.1 Å². The van der Waals surface area contributed by atoms with Gasteiger partial charge in [0.15, 0.2) is 6.61 Å². The maximum Gasteiger partial charge on any atom is 0.264 e. The molecule has 0 fully saturated rings. The van der Waals surface area contributed by atoms with Crippen LogP contribution in [0, 0.1) is 12.7 Å². The van der Waals surface area contributed by atoms with E-state index in [9.17, 15) is 4.39 Å². The zero-order valence-electron chi connectivity index (χ0n) is 11.7. The number of aryl methyl sites for hydroxylation is 1. The molecule has 0 aliphatic carbocycles. The molecule has 0 aliphatic rings. The lowest BCUT2D eigenvalue weighted by Gasteiger charge is -2.05. The smallest absolute Gasteiger partial charge is 0.264 e. The number of rotatable bonds is 4. The Morgan fingerprint density at radius 2 is 2.09 bits per heavy atom. The van der Waals surface area contributed by atoms with Gasteiger partial charge in [0, 0.05) is 5.56 Å². The number of hydrogen-bond donors (Lipinski definition) is 0. The van der Waals surface area contributed by atoms with Crippen LogP contribution < -0.4 is 4.74 Å². The van der Waals surface area contributed by atoms with Crippen molar-refractivity contribution in [2.75, 3.05) is 0 Å². The number of aromatic nitrogens is 2. The first-order valence-electron chi connectivity index (χ1n) is 6.59. The van der Waals surface area contributed by atoms with Crippen LogP contribution in [0.3, 0.4) is 0 Å². The fraction of sp³-hybridized carbons (Fsp3) is 0.125. The van der Waals surface area contributed by atoms with E-state index in [4.69, 9.17) is 9.26 Å². The number of ether oxygens (including phenoxy) is 1. The van der Waals surface area contributed by atoms with Gasteiger partial charge in [0.2, 0.25) is 5.82 Å². The van der Waals surface area contributed by atoms with Crippen molar-refractivity contribution in [3.8, 4) is 17.1 Å². The first-order chi connectivity index (χ1) is 10.6. The summed E-state index contributed by atoms with van der Waals surface area (Å²) >= 11 is 3.24. The maximum absolute atomic E-state index is 13.0. The van der Waals surface area contributed by atoms with Gasteiger partial charge in [0.05, 0.1) is 4.47 Å². The standard InChI is InChI=1S/C16H12BrFN2O2/c1-10-3-2-4-11(7-10)16-19-15(22-20-16)9-21-14-6-5-12(18)8-13(14)17/h2-8H,9H2,1H3. The van der Waals surface area contributed by atoms with Crippen LogP contribution in [0.1, 0.15) is 11.5 Å². The minimum atomic E-state index is -0.334. The van der Waals surface area contributed by atoms with E-state index in [1.807, 2.05) is 31.2 Å². The number of nitrogens with zero attached hydrogens (tertiary/aromatic N) is 2. The molecule has 0 radical (unpaired) electrons. The molecule has 22 heavy (non-hydrogen) atoms. The number of hydrogen-bond acceptors (Lipinski definition) is 4. The molecule has 2 aromatic carbocycles. The van der Waals surface area contributed by atoms with Crippen molar-refractivity contribution in [1.82, 2.24) is 10.1 Å². The Morgan fingerprint density at radius 3 is 2.86 bits per heavy atom. The average Bonchev–Trinajstić information content (AvgIpc) is 2.95. The van der Waals surface area contributed by atoms with Crippen molar-refractivity contribution in [2.24, 2.45) is 0 Å². The van der Waals surface area contributed by atoms with Crippen LogP contribution in [0.25, 0.3) is 11.4 Å². The zero-order valence-corrected chi connectivity index (χ0v) is 13.3. The maximum atomic E-state index is 13.0. The van der Waals surface area contributed by atoms with E-state index in [0.717, 1.165) is 11.1 Å². The van der Waals surface area contributed by atoms with Gasteiger partial charge in [-0.15, -0.1) is 0 Å². The highest BCUT2D eigenvalue weighted by Crippen LogP contribution is 2.26. The highest BCUT2D eigenvalue weighted by Gasteiger charge is 2.10. The van der Waals surface area contributed by atoms with Gasteiger partial charge < -0.3 is 9.26 Å². The van der Waals surface area contributed by atoms with Gasteiger partial charge in [0.1, 0.15) is 11.6 Å². The average molecular weight is 363 g/mol. The second-order valence-electron chi connectivity index (χ2n) is 4.74. The van der Waals surface area contributed by atoms with Gasteiger partial charge in [-0.2, -0.15) is 4.98 Å². The molecule has 0 saturated carbocycles. The molecule has 0 aliphatic heterocycles. The van der Waals surface area contributed by atoms with E-state index in [-0.39, 0.29) is 12.4 Å². The van der Waals surface area contributed by atoms with Crippen LogP contribution in [0.4, 0.5) is 4.39 Å². The molecule has 0 saturated heterocycles. The lowest BCUT2D eigenvalue weighted by Crippen LogP contribution is -1.96. The third-order valence-corrected chi connectivity index (χ3v) is 3.61. The predicted octanol–water partition coefficient (Wildman–Crippen LogP) is 4.53. The fourth-order valence-corrected chi connectivity index (χ4v) is 2.41. The highest BCUT2D eigenvalue weighted by molar-refractivity contribution is 9.10. The first-order valence-corrected chi connectivity index (χ1v) is 7.38. The molecular formula is C16H12BrFN2O2. The second-order valence-corrected chi connectivity index (χ2v) is 5.60. The first kappa shape index (κ1) is 14.7. The van der Waals surface area contributed by atoms with Crippen LogP contribution in [0.15, 0.2) is 51.5 Å². The Bertz CT molecular complexity index is 804. The summed E-state index contributed by atoms with van der Waals surface area (Å²) in [4.78, 5) is 4.29. The molecule has 3 aromatic rings. The molecule has 4 nitrogen and oxygen atoms in total. The summed E-state index contributed by atoms with van der Waals surface area (Å²) in [5, 5.41) is 3.94. The summed E-state index contributed by atoms with van der Waals surface area (Å²) in [6, 6.07) is 12.0. The van der Waals surface area contributed by atoms with Gasteiger partial charge in [-0.25, -0.2) is 4.39 Å². The summed E-state index contributed by atoms with van der Waals surface area (Å²) in [6.07, 6.45) is 0. The summed E-state index contributed by atoms with van der Waals surface area (Å²) in [5.74, 6) is 1.05. The third kappa shape index (κ3) is 3.33. The Morgan fingerprint density at radius 1 is 1.23 bits per heavy atom. The van der Waals surface area contributed by atoms with Crippen LogP contribution in [-0.4, -0.2) is 10.1 Å². The van der Waals surface area contributed by atoms with Crippen molar-refractivity contribution in [3.05, 3.63) is 64.2 Å². The molecule has 6 heteroatoms. The van der Waals surface area contributed by atoms with Crippen LogP contribution in [0.2, 0.25) is 0 Å². The van der Waals surface area contributed by atoms with Crippen LogP contribution >= 0.6 is 15.9 Å². The second kappa shape index (κ2) is 6.27. The molecule has 0 bridgehead atoms. The monoisotopic (exact) mass is 362 g/mol. The van der Waals surface area contributed by atoms with Crippen molar-refractivity contribution in [1.29, 1.82) is 0 Å². The quantitative estimate of drug-likeness (QED) is 0.684. The van der Waals surface area contributed by atoms with E-state index in [1.54, 1.807) is 0 Å². The molecule has 0 atom stereocenters. The lowest BCUT2D eigenvalue weighted by molar-refractivity contribution is 0.241. The summed E-state index contributed by atoms with van der Waals surface area (Å²) in [7, 11) is 0. The molecule has 112 valence electrons. The summed E-state index contributed by atoms with van der Waals surface area (Å²) in [6.45, 7) is 2.11. The number of halogens is 2. The van der Waals surface area contributed by atoms with Crippen LogP contribution in [0.5, 0.6) is 5.75 Å². The summed E-state index contributed by atoms with van der Waals surface area (Å²) < 4.78 is 24.3.